The number of hydrogen-bond acceptors (Lipinski definition) is 5. The first-order chi connectivity index (χ1) is 13.0. The van der Waals surface area contributed by atoms with E-state index in [1.807, 2.05) is 36.4 Å². The molecule has 0 saturated carbocycles. The van der Waals surface area contributed by atoms with E-state index in [0.717, 1.165) is 26.5 Å². The highest BCUT2D eigenvalue weighted by atomic mass is 79.9. The minimum absolute atomic E-state index is 0.0382. The molecule has 8 heteroatoms. The van der Waals surface area contributed by atoms with E-state index >= 15 is 0 Å². The molecule has 1 aromatic carbocycles. The molecular weight excluding hydrogens is 432 g/mol. The molecule has 2 aromatic rings. The topological polar surface area (TPSA) is 78.9 Å². The molecule has 0 aliphatic rings. The molecule has 0 saturated heterocycles. The fourth-order valence-corrected chi connectivity index (χ4v) is 4.08. The number of nitrogens with zero attached hydrogens (tertiary/aromatic N) is 1. The summed E-state index contributed by atoms with van der Waals surface area (Å²) >= 11 is 5.06. The highest BCUT2D eigenvalue weighted by molar-refractivity contribution is 9.11. The lowest BCUT2D eigenvalue weighted by molar-refractivity contribution is -0.129. The monoisotopic (exact) mass is 454 g/mol. The Labute approximate surface area is 171 Å². The van der Waals surface area contributed by atoms with E-state index in [0.29, 0.717) is 25.8 Å². The van der Waals surface area contributed by atoms with Crippen LogP contribution in [0.2, 0.25) is 0 Å². The van der Waals surface area contributed by atoms with E-state index in [4.69, 9.17) is 9.94 Å². The second-order valence-electron chi connectivity index (χ2n) is 5.98. The second-order valence-corrected chi connectivity index (χ2v) is 8.53. The zero-order valence-corrected chi connectivity index (χ0v) is 17.5. The molecule has 2 amide bonds. The Morgan fingerprint density at radius 2 is 1.81 bits per heavy atom. The molecule has 2 rings (SSSR count). The minimum Gasteiger partial charge on any atom is -0.497 e. The third-order valence-electron chi connectivity index (χ3n) is 4.05. The summed E-state index contributed by atoms with van der Waals surface area (Å²) in [4.78, 5) is 26.7. The summed E-state index contributed by atoms with van der Waals surface area (Å²) in [5.74, 6) is 0.382. The SMILES string of the molecule is COc1ccc(N(Cc2ccc(Br)s2)C(=O)CCCCCC(=O)NO)cc1. The third kappa shape index (κ3) is 6.97. The summed E-state index contributed by atoms with van der Waals surface area (Å²) in [5.41, 5.74) is 2.44. The van der Waals surface area contributed by atoms with Gasteiger partial charge in [-0.15, -0.1) is 11.3 Å². The molecule has 1 heterocycles. The van der Waals surface area contributed by atoms with Gasteiger partial charge >= 0.3 is 0 Å². The largest absolute Gasteiger partial charge is 0.497 e. The Morgan fingerprint density at radius 1 is 1.11 bits per heavy atom. The van der Waals surface area contributed by atoms with Crippen LogP contribution in [0.15, 0.2) is 40.2 Å². The highest BCUT2D eigenvalue weighted by Gasteiger charge is 2.17. The Kier molecular flexibility index (Phi) is 8.77. The summed E-state index contributed by atoms with van der Waals surface area (Å²) < 4.78 is 6.22. The number of amides is 2. The van der Waals surface area contributed by atoms with Gasteiger partial charge in [0.25, 0.3) is 0 Å². The number of thiophene rings is 1. The lowest BCUT2D eigenvalue weighted by Crippen LogP contribution is -2.29. The second kappa shape index (κ2) is 11.1. The van der Waals surface area contributed by atoms with Crippen molar-refractivity contribution in [2.75, 3.05) is 12.0 Å². The van der Waals surface area contributed by atoms with Gasteiger partial charge < -0.3 is 9.64 Å². The first-order valence-corrected chi connectivity index (χ1v) is 10.3. The number of halogens is 1. The van der Waals surface area contributed by atoms with Gasteiger partial charge in [0.2, 0.25) is 11.8 Å². The predicted molar refractivity (Wildman–Crippen MR) is 109 cm³/mol. The van der Waals surface area contributed by atoms with Crippen molar-refractivity contribution in [2.24, 2.45) is 0 Å². The van der Waals surface area contributed by atoms with Crippen LogP contribution in [0.1, 0.15) is 37.0 Å². The molecule has 0 spiro atoms. The molecule has 0 aliphatic heterocycles. The Balaban J connectivity index is 1.99. The Bertz CT molecular complexity index is 748. The number of carbonyl (C=O) groups excluding carboxylic acids is 2. The molecule has 0 aliphatic carbocycles. The molecule has 27 heavy (non-hydrogen) atoms. The van der Waals surface area contributed by atoms with Crippen molar-refractivity contribution in [3.63, 3.8) is 0 Å². The molecule has 2 N–H and O–H groups in total. The van der Waals surface area contributed by atoms with Crippen LogP contribution in [0.25, 0.3) is 0 Å². The predicted octanol–water partition coefficient (Wildman–Crippen LogP) is 4.51. The van der Waals surface area contributed by atoms with Crippen molar-refractivity contribution in [1.82, 2.24) is 5.48 Å². The van der Waals surface area contributed by atoms with Gasteiger partial charge in [0.15, 0.2) is 0 Å². The van der Waals surface area contributed by atoms with Crippen LogP contribution in [-0.2, 0) is 16.1 Å². The van der Waals surface area contributed by atoms with Crippen LogP contribution in [-0.4, -0.2) is 24.1 Å². The van der Waals surface area contributed by atoms with Gasteiger partial charge in [-0.05, 0) is 65.2 Å². The summed E-state index contributed by atoms with van der Waals surface area (Å²) in [6.07, 6.45) is 2.74. The van der Waals surface area contributed by atoms with Crippen molar-refractivity contribution in [1.29, 1.82) is 0 Å². The maximum Gasteiger partial charge on any atom is 0.243 e. The van der Waals surface area contributed by atoms with Crippen LogP contribution in [0.5, 0.6) is 5.75 Å². The van der Waals surface area contributed by atoms with Gasteiger partial charge in [-0.25, -0.2) is 5.48 Å². The molecule has 146 valence electrons. The maximum atomic E-state index is 12.8. The first kappa shape index (κ1) is 21.4. The quantitative estimate of drug-likeness (QED) is 0.314. The average Bonchev–Trinajstić information content (AvgIpc) is 3.10. The normalized spacial score (nSPS) is 10.5. The van der Waals surface area contributed by atoms with Gasteiger partial charge in [-0.3, -0.25) is 14.8 Å². The van der Waals surface area contributed by atoms with E-state index < -0.39 is 5.91 Å². The Hall–Kier alpha value is -1.90. The zero-order valence-electron chi connectivity index (χ0n) is 15.1. The lowest BCUT2D eigenvalue weighted by Gasteiger charge is -2.22. The number of hydroxylamine groups is 1. The average molecular weight is 455 g/mol. The molecule has 0 atom stereocenters. The van der Waals surface area contributed by atoms with Crippen molar-refractivity contribution in [2.45, 2.75) is 38.6 Å². The summed E-state index contributed by atoms with van der Waals surface area (Å²) in [7, 11) is 1.61. The Morgan fingerprint density at radius 3 is 2.41 bits per heavy atom. The van der Waals surface area contributed by atoms with Crippen LogP contribution >= 0.6 is 27.3 Å². The van der Waals surface area contributed by atoms with Crippen LogP contribution in [0.3, 0.4) is 0 Å². The van der Waals surface area contributed by atoms with Gasteiger partial charge in [0.05, 0.1) is 17.4 Å². The van der Waals surface area contributed by atoms with Crippen molar-refractivity contribution < 1.29 is 19.5 Å². The molecule has 0 fully saturated rings. The number of unbranched alkanes of at least 4 members (excludes halogenated alkanes) is 2. The van der Waals surface area contributed by atoms with Crippen LogP contribution < -0.4 is 15.1 Å². The third-order valence-corrected chi connectivity index (χ3v) is 5.66. The first-order valence-electron chi connectivity index (χ1n) is 8.65. The number of nitrogens with one attached hydrogen (secondary N) is 1. The number of carbonyl (C=O) groups is 2. The smallest absolute Gasteiger partial charge is 0.243 e. The summed E-state index contributed by atoms with van der Waals surface area (Å²) in [6, 6.07) is 11.4. The number of rotatable bonds is 10. The number of anilines is 1. The van der Waals surface area contributed by atoms with E-state index in [9.17, 15) is 9.59 Å². The fourth-order valence-electron chi connectivity index (χ4n) is 2.61. The van der Waals surface area contributed by atoms with Crippen molar-refractivity contribution in [3.8, 4) is 5.75 Å². The summed E-state index contributed by atoms with van der Waals surface area (Å²) in [6.45, 7) is 0.508. The van der Waals surface area contributed by atoms with Gasteiger partial charge in [-0.1, -0.05) is 6.42 Å². The standard InChI is InChI=1S/C19H23BrN2O4S/c1-26-15-9-7-14(8-10-15)22(13-16-11-12-17(20)27-16)19(24)6-4-2-3-5-18(23)21-25/h7-12,25H,2-6,13H2,1H3,(H,21,23). The molecule has 6 nitrogen and oxygen atoms in total. The molecule has 0 unspecified atom stereocenters. The van der Waals surface area contributed by atoms with E-state index in [2.05, 4.69) is 15.9 Å². The zero-order chi connectivity index (χ0) is 19.6. The van der Waals surface area contributed by atoms with Crippen molar-refractivity contribution >= 4 is 44.8 Å². The lowest BCUT2D eigenvalue weighted by atomic mass is 10.1. The van der Waals surface area contributed by atoms with E-state index in [1.54, 1.807) is 28.8 Å². The number of methoxy groups -OCH3 is 1. The van der Waals surface area contributed by atoms with E-state index in [1.165, 1.54) is 0 Å². The van der Waals surface area contributed by atoms with Crippen molar-refractivity contribution in [3.05, 3.63) is 45.1 Å². The molecular formula is C19H23BrN2O4S. The van der Waals surface area contributed by atoms with Gasteiger partial charge in [-0.2, -0.15) is 0 Å². The molecule has 0 radical (unpaired) electrons. The van der Waals surface area contributed by atoms with Crippen LogP contribution in [0, 0.1) is 0 Å². The van der Waals surface area contributed by atoms with Gasteiger partial charge in [0, 0.05) is 23.4 Å². The maximum absolute atomic E-state index is 12.8. The minimum atomic E-state index is -0.399. The van der Waals surface area contributed by atoms with Crippen LogP contribution in [0.4, 0.5) is 5.69 Å². The molecule has 0 bridgehead atoms. The number of benzene rings is 1. The number of hydrogen-bond donors (Lipinski definition) is 2. The van der Waals surface area contributed by atoms with E-state index in [-0.39, 0.29) is 12.3 Å². The van der Waals surface area contributed by atoms with Gasteiger partial charge in [0.1, 0.15) is 5.75 Å². The highest BCUT2D eigenvalue weighted by Crippen LogP contribution is 2.27. The number of ether oxygens (including phenoxy) is 1. The summed E-state index contributed by atoms with van der Waals surface area (Å²) in [5, 5.41) is 8.49. The molecule has 1 aromatic heterocycles. The fraction of sp³-hybridized carbons (Fsp3) is 0.368.